The Kier molecular flexibility index (Phi) is 4.54. The maximum Gasteiger partial charge on any atom is 0.264 e. The van der Waals surface area contributed by atoms with Crippen molar-refractivity contribution in [2.75, 3.05) is 16.6 Å². The predicted octanol–water partition coefficient (Wildman–Crippen LogP) is 5.37. The Morgan fingerprint density at radius 3 is 2.56 bits per heavy atom. The second-order valence-electron chi connectivity index (χ2n) is 5.54. The van der Waals surface area contributed by atoms with Gasteiger partial charge in [-0.2, -0.15) is 0 Å². The van der Waals surface area contributed by atoms with Crippen molar-refractivity contribution in [2.45, 2.75) is 9.79 Å². The minimum atomic E-state index is -3.61. The summed E-state index contributed by atoms with van der Waals surface area (Å²) in [6.45, 7) is 0.455. The minimum absolute atomic E-state index is 0.260. The molecule has 0 saturated heterocycles. The molecule has 0 amide bonds. The first-order valence-corrected chi connectivity index (χ1v) is 11.3. The van der Waals surface area contributed by atoms with Gasteiger partial charge in [-0.3, -0.25) is 4.31 Å². The Bertz CT molecular complexity index is 999. The van der Waals surface area contributed by atoms with Crippen molar-refractivity contribution in [1.82, 2.24) is 0 Å². The van der Waals surface area contributed by atoms with Gasteiger partial charge in [0, 0.05) is 27.1 Å². The molecule has 128 valence electrons. The van der Waals surface area contributed by atoms with Gasteiger partial charge in [0.1, 0.15) is 0 Å². The molecule has 1 aliphatic rings. The third-order valence-electron chi connectivity index (χ3n) is 3.99. The van der Waals surface area contributed by atoms with E-state index in [1.807, 2.05) is 29.6 Å². The van der Waals surface area contributed by atoms with Crippen LogP contribution in [-0.2, 0) is 10.0 Å². The van der Waals surface area contributed by atoms with Crippen LogP contribution < -0.4 is 4.31 Å². The van der Waals surface area contributed by atoms with Crippen molar-refractivity contribution in [1.29, 1.82) is 0 Å². The molecule has 0 unspecified atom stereocenters. The Morgan fingerprint density at radius 1 is 1.04 bits per heavy atom. The van der Waals surface area contributed by atoms with E-state index in [2.05, 4.69) is 6.07 Å². The molecule has 1 aromatic heterocycles. The largest absolute Gasteiger partial charge is 0.264 e. The average molecular weight is 408 g/mol. The Balaban J connectivity index is 1.80. The van der Waals surface area contributed by atoms with E-state index < -0.39 is 10.0 Å². The molecule has 0 aliphatic carbocycles. The standard InChI is InChI=1S/C18H14ClNO2S3/c19-14-4-6-15(7-5-14)25(21,22)20-9-11-24-18-8-3-13(12-16(18)20)17-2-1-10-23-17/h1-8,10,12H,9,11H2. The van der Waals surface area contributed by atoms with Gasteiger partial charge in [-0.05, 0) is 53.4 Å². The van der Waals surface area contributed by atoms with Crippen LogP contribution in [0.4, 0.5) is 5.69 Å². The van der Waals surface area contributed by atoms with Crippen molar-refractivity contribution in [3.05, 3.63) is 65.0 Å². The summed E-state index contributed by atoms with van der Waals surface area (Å²) in [5.41, 5.74) is 1.78. The van der Waals surface area contributed by atoms with Crippen LogP contribution in [0.1, 0.15) is 0 Å². The van der Waals surface area contributed by atoms with Crippen molar-refractivity contribution < 1.29 is 8.42 Å². The first kappa shape index (κ1) is 17.0. The van der Waals surface area contributed by atoms with Gasteiger partial charge in [0.25, 0.3) is 10.0 Å². The van der Waals surface area contributed by atoms with Crippen LogP contribution in [0.3, 0.4) is 0 Å². The van der Waals surface area contributed by atoms with Gasteiger partial charge in [-0.1, -0.05) is 23.7 Å². The van der Waals surface area contributed by atoms with Crippen molar-refractivity contribution in [3.63, 3.8) is 0 Å². The smallest absolute Gasteiger partial charge is 0.264 e. The molecule has 0 bridgehead atoms. The fourth-order valence-electron chi connectivity index (χ4n) is 2.77. The van der Waals surface area contributed by atoms with Crippen LogP contribution in [0.5, 0.6) is 0 Å². The molecule has 2 heterocycles. The van der Waals surface area contributed by atoms with E-state index in [0.717, 1.165) is 26.8 Å². The van der Waals surface area contributed by atoms with E-state index >= 15 is 0 Å². The number of hydrogen-bond donors (Lipinski definition) is 0. The number of rotatable bonds is 3. The van der Waals surface area contributed by atoms with Gasteiger partial charge in [-0.25, -0.2) is 8.42 Å². The Hall–Kier alpha value is -1.47. The minimum Gasteiger partial charge on any atom is -0.264 e. The second-order valence-corrected chi connectivity index (χ2v) is 9.92. The van der Waals surface area contributed by atoms with Gasteiger partial charge >= 0.3 is 0 Å². The van der Waals surface area contributed by atoms with E-state index in [4.69, 9.17) is 11.6 Å². The van der Waals surface area contributed by atoms with Crippen LogP contribution in [0, 0.1) is 0 Å². The van der Waals surface area contributed by atoms with Gasteiger partial charge in [-0.15, -0.1) is 23.1 Å². The molecule has 0 saturated carbocycles. The highest BCUT2D eigenvalue weighted by atomic mass is 35.5. The number of fused-ring (bicyclic) bond motifs is 1. The van der Waals surface area contributed by atoms with E-state index in [1.165, 1.54) is 4.31 Å². The summed E-state index contributed by atoms with van der Waals surface area (Å²) in [6, 6.07) is 16.4. The van der Waals surface area contributed by atoms with Gasteiger partial charge < -0.3 is 0 Å². The van der Waals surface area contributed by atoms with E-state index in [9.17, 15) is 8.42 Å². The monoisotopic (exact) mass is 407 g/mol. The van der Waals surface area contributed by atoms with Crippen molar-refractivity contribution >= 4 is 50.4 Å². The number of anilines is 1. The van der Waals surface area contributed by atoms with Gasteiger partial charge in [0.2, 0.25) is 0 Å². The number of benzene rings is 2. The SMILES string of the molecule is O=S(=O)(c1ccc(Cl)cc1)N1CCSc2ccc(-c3cccs3)cc21. The molecule has 3 nitrogen and oxygen atoms in total. The zero-order valence-corrected chi connectivity index (χ0v) is 16.3. The molecule has 4 rings (SSSR count). The molecule has 0 radical (unpaired) electrons. The molecule has 0 fully saturated rings. The van der Waals surface area contributed by atoms with E-state index in [-0.39, 0.29) is 4.90 Å². The van der Waals surface area contributed by atoms with E-state index in [0.29, 0.717) is 11.6 Å². The summed E-state index contributed by atoms with van der Waals surface area (Å²) >= 11 is 9.23. The average Bonchev–Trinajstić information content (AvgIpc) is 3.16. The molecule has 1 aliphatic heterocycles. The maximum atomic E-state index is 13.1. The summed E-state index contributed by atoms with van der Waals surface area (Å²) in [5, 5.41) is 2.54. The molecule has 7 heteroatoms. The normalized spacial score (nSPS) is 14.4. The van der Waals surface area contributed by atoms with Crippen LogP contribution in [0.25, 0.3) is 10.4 Å². The van der Waals surface area contributed by atoms with Crippen LogP contribution in [-0.4, -0.2) is 20.7 Å². The summed E-state index contributed by atoms with van der Waals surface area (Å²) in [5.74, 6) is 0.734. The zero-order valence-electron chi connectivity index (χ0n) is 13.1. The molecular formula is C18H14ClNO2S3. The summed E-state index contributed by atoms with van der Waals surface area (Å²) in [4.78, 5) is 2.38. The quantitative estimate of drug-likeness (QED) is 0.585. The topological polar surface area (TPSA) is 37.4 Å². The molecule has 0 atom stereocenters. The third kappa shape index (κ3) is 3.19. The Labute approximate surface area is 160 Å². The van der Waals surface area contributed by atoms with Crippen molar-refractivity contribution in [2.24, 2.45) is 0 Å². The summed E-state index contributed by atoms with van der Waals surface area (Å²) < 4.78 is 27.8. The molecule has 0 N–H and O–H groups in total. The lowest BCUT2D eigenvalue weighted by molar-refractivity contribution is 0.591. The van der Waals surface area contributed by atoms with Crippen LogP contribution >= 0.6 is 34.7 Å². The lowest BCUT2D eigenvalue weighted by Crippen LogP contribution is -2.35. The maximum absolute atomic E-state index is 13.1. The Morgan fingerprint density at radius 2 is 1.84 bits per heavy atom. The first-order chi connectivity index (χ1) is 12.1. The number of thiophene rings is 1. The zero-order chi connectivity index (χ0) is 17.4. The van der Waals surface area contributed by atoms with Crippen LogP contribution in [0.15, 0.2) is 69.8 Å². The number of halogens is 1. The molecule has 2 aromatic carbocycles. The van der Waals surface area contributed by atoms with Gasteiger partial charge in [0.05, 0.1) is 10.6 Å². The molecule has 3 aromatic rings. The third-order valence-corrected chi connectivity index (χ3v) is 8.03. The lowest BCUT2D eigenvalue weighted by atomic mass is 10.1. The summed E-state index contributed by atoms with van der Waals surface area (Å²) in [6.07, 6.45) is 0. The fourth-order valence-corrected chi connectivity index (χ4v) is 6.25. The number of thioether (sulfide) groups is 1. The fraction of sp³-hybridized carbons (Fsp3) is 0.111. The molecule has 0 spiro atoms. The number of sulfonamides is 1. The van der Waals surface area contributed by atoms with Gasteiger partial charge in [0.15, 0.2) is 0 Å². The first-order valence-electron chi connectivity index (χ1n) is 7.65. The highest BCUT2D eigenvalue weighted by Crippen LogP contribution is 2.40. The van der Waals surface area contributed by atoms with Crippen molar-refractivity contribution in [3.8, 4) is 10.4 Å². The molecule has 25 heavy (non-hydrogen) atoms. The second kappa shape index (κ2) is 6.68. The lowest BCUT2D eigenvalue weighted by Gasteiger charge is -2.30. The highest BCUT2D eigenvalue weighted by molar-refractivity contribution is 8.00. The van der Waals surface area contributed by atoms with E-state index in [1.54, 1.807) is 47.4 Å². The molecular weight excluding hydrogens is 394 g/mol. The highest BCUT2D eigenvalue weighted by Gasteiger charge is 2.29. The van der Waals surface area contributed by atoms with Crippen LogP contribution in [0.2, 0.25) is 5.02 Å². The number of hydrogen-bond acceptors (Lipinski definition) is 4. The predicted molar refractivity (Wildman–Crippen MR) is 106 cm³/mol. The summed E-state index contributed by atoms with van der Waals surface area (Å²) in [7, 11) is -3.61. The number of nitrogens with zero attached hydrogens (tertiary/aromatic N) is 1.